The van der Waals surface area contributed by atoms with Crippen molar-refractivity contribution in [2.75, 3.05) is 52.9 Å². The summed E-state index contributed by atoms with van der Waals surface area (Å²) in [6.07, 6.45) is 6.28. The van der Waals surface area contributed by atoms with Crippen LogP contribution in [-0.2, 0) is 9.59 Å². The minimum absolute atomic E-state index is 0.0301. The lowest BCUT2D eigenvalue weighted by Gasteiger charge is -2.45. The number of halogens is 1. The lowest BCUT2D eigenvalue weighted by Crippen LogP contribution is -2.62. The molecule has 0 saturated carbocycles. The molecule has 9 unspecified atom stereocenters. The van der Waals surface area contributed by atoms with E-state index >= 15 is 0 Å². The van der Waals surface area contributed by atoms with Gasteiger partial charge in [-0.15, -0.1) is 0 Å². The maximum atomic E-state index is 14.7. The molecule has 11 heteroatoms. The van der Waals surface area contributed by atoms with E-state index in [1.807, 2.05) is 11.0 Å². The Hall–Kier alpha value is -2.08. The zero-order chi connectivity index (χ0) is 31.8. The standard InChI is InChI=1S/C33H59FN8O2/c1-6-7-8-21(2)27-11-9-24(34)19-37-23(4)30(31(35)39-27)32(43)40-29-20-36-14-13-26(29)25-10-12-28(38-22(25)3)33(44)42-17-15-41(5)16-18-42/h11,21-22,24-26,28-31,36,38-39H,6-10,12-20,35H2,1-5H3,(H,40,43)/b27-11-,37-23?. The van der Waals surface area contributed by atoms with Crippen LogP contribution in [0.5, 0.6) is 0 Å². The number of piperidine rings is 2. The predicted octanol–water partition coefficient (Wildman–Crippen LogP) is 2.01. The van der Waals surface area contributed by atoms with E-state index in [9.17, 15) is 14.0 Å². The first-order valence-electron chi connectivity index (χ1n) is 17.2. The average molecular weight is 619 g/mol. The Kier molecular flexibility index (Phi) is 13.0. The molecule has 44 heavy (non-hydrogen) atoms. The van der Waals surface area contributed by atoms with Gasteiger partial charge in [-0.05, 0) is 70.9 Å². The van der Waals surface area contributed by atoms with E-state index in [4.69, 9.17) is 5.73 Å². The summed E-state index contributed by atoms with van der Waals surface area (Å²) in [5.74, 6) is 0.151. The van der Waals surface area contributed by atoms with Gasteiger partial charge in [0.2, 0.25) is 11.8 Å². The molecule has 4 aliphatic rings. The summed E-state index contributed by atoms with van der Waals surface area (Å²) in [4.78, 5) is 36.1. The van der Waals surface area contributed by atoms with Crippen LogP contribution in [0.4, 0.5) is 4.39 Å². The Bertz CT molecular complexity index is 1020. The summed E-state index contributed by atoms with van der Waals surface area (Å²) < 4.78 is 14.7. The highest BCUT2D eigenvalue weighted by molar-refractivity contribution is 6.04. The minimum Gasteiger partial charge on any atom is -0.372 e. The van der Waals surface area contributed by atoms with Gasteiger partial charge in [0.15, 0.2) is 0 Å². The minimum atomic E-state index is -1.10. The van der Waals surface area contributed by atoms with Crippen LogP contribution in [0.15, 0.2) is 16.8 Å². The van der Waals surface area contributed by atoms with Crippen molar-refractivity contribution in [2.45, 2.75) is 103 Å². The molecule has 4 heterocycles. The average Bonchev–Trinajstić information content (AvgIpc) is 3.01. The smallest absolute Gasteiger partial charge is 0.239 e. The van der Waals surface area contributed by atoms with E-state index in [1.165, 1.54) is 0 Å². The van der Waals surface area contributed by atoms with Crippen LogP contribution in [0.2, 0.25) is 0 Å². The number of piperazine rings is 1. The Morgan fingerprint density at radius 3 is 2.64 bits per heavy atom. The lowest BCUT2D eigenvalue weighted by molar-refractivity contribution is -0.136. The van der Waals surface area contributed by atoms with Crippen LogP contribution in [-0.4, -0.2) is 111 Å². The number of aliphatic imine (C=N–C) groups is 1. The van der Waals surface area contributed by atoms with E-state index in [-0.39, 0.29) is 54.7 Å². The number of nitrogens with zero attached hydrogens (tertiary/aromatic N) is 3. The van der Waals surface area contributed by atoms with Gasteiger partial charge in [0, 0.05) is 62.6 Å². The first-order valence-corrected chi connectivity index (χ1v) is 17.2. The molecule has 0 bridgehead atoms. The third-order valence-corrected chi connectivity index (χ3v) is 10.5. The van der Waals surface area contributed by atoms with Gasteiger partial charge >= 0.3 is 0 Å². The van der Waals surface area contributed by atoms with E-state index in [0.717, 1.165) is 76.9 Å². The fourth-order valence-electron chi connectivity index (χ4n) is 7.61. The molecule has 0 aromatic heterocycles. The van der Waals surface area contributed by atoms with Gasteiger partial charge in [0.05, 0.1) is 18.8 Å². The number of carbonyl (C=O) groups is 2. The van der Waals surface area contributed by atoms with Crippen molar-refractivity contribution in [3.05, 3.63) is 11.8 Å². The Balaban J connectivity index is 1.42. The largest absolute Gasteiger partial charge is 0.372 e. The third-order valence-electron chi connectivity index (χ3n) is 10.5. The van der Waals surface area contributed by atoms with Gasteiger partial charge in [-0.25, -0.2) is 4.39 Å². The fraction of sp³-hybridized carbons (Fsp3) is 0.848. The van der Waals surface area contributed by atoms with Gasteiger partial charge in [0.1, 0.15) is 12.1 Å². The zero-order valence-corrected chi connectivity index (χ0v) is 27.8. The fourth-order valence-corrected chi connectivity index (χ4v) is 7.61. The molecule has 3 fully saturated rings. The molecule has 0 aromatic carbocycles. The summed E-state index contributed by atoms with van der Waals surface area (Å²) in [7, 11) is 2.10. The first-order chi connectivity index (χ1) is 21.1. The molecule has 0 spiro atoms. The molecular formula is C33H59FN8O2. The van der Waals surface area contributed by atoms with Gasteiger partial charge < -0.3 is 36.8 Å². The first kappa shape index (κ1) is 34.8. The zero-order valence-electron chi connectivity index (χ0n) is 27.8. The number of likely N-dealkylation sites (N-methyl/N-ethyl adjacent to an activating group) is 1. The molecule has 0 aliphatic carbocycles. The second-order valence-electron chi connectivity index (χ2n) is 13.8. The molecule has 2 amide bonds. The van der Waals surface area contributed by atoms with Crippen LogP contribution >= 0.6 is 0 Å². The number of unbranched alkanes of at least 4 members (excludes halogenated alkanes) is 1. The van der Waals surface area contributed by atoms with Gasteiger partial charge in [0.25, 0.3) is 0 Å². The van der Waals surface area contributed by atoms with Crippen LogP contribution in [0.1, 0.15) is 72.6 Å². The monoisotopic (exact) mass is 618 g/mol. The quantitative estimate of drug-likeness (QED) is 0.282. The summed E-state index contributed by atoms with van der Waals surface area (Å²) >= 11 is 0. The molecule has 10 nitrogen and oxygen atoms in total. The van der Waals surface area contributed by atoms with Crippen molar-refractivity contribution in [3.8, 4) is 0 Å². The van der Waals surface area contributed by atoms with Crippen LogP contribution in [0.3, 0.4) is 0 Å². The van der Waals surface area contributed by atoms with E-state index < -0.39 is 18.3 Å². The molecular weight excluding hydrogens is 559 g/mol. The highest BCUT2D eigenvalue weighted by Crippen LogP contribution is 2.33. The SMILES string of the molecule is CCCCC(C)/C1=C/CC(F)CN=C(C)C(C(=O)NC2CNCCC2C2CCC(C(=O)N3CCN(C)CC3)NC2C)C(N)N1. The van der Waals surface area contributed by atoms with Crippen molar-refractivity contribution in [3.63, 3.8) is 0 Å². The van der Waals surface area contributed by atoms with Crippen LogP contribution < -0.4 is 27.0 Å². The number of nitrogens with one attached hydrogen (secondary N) is 4. The van der Waals surface area contributed by atoms with E-state index in [0.29, 0.717) is 18.2 Å². The molecule has 6 N–H and O–H groups in total. The van der Waals surface area contributed by atoms with Crippen molar-refractivity contribution < 1.29 is 14.0 Å². The maximum Gasteiger partial charge on any atom is 0.239 e. The van der Waals surface area contributed by atoms with Crippen LogP contribution in [0.25, 0.3) is 0 Å². The Labute approximate surface area is 264 Å². The summed E-state index contributed by atoms with van der Waals surface area (Å²) in [5, 5.41) is 13.9. The number of allylic oxidation sites excluding steroid dienone is 2. The maximum absolute atomic E-state index is 14.7. The highest BCUT2D eigenvalue weighted by Gasteiger charge is 2.42. The molecule has 4 aliphatic heterocycles. The molecule has 0 aromatic rings. The highest BCUT2D eigenvalue weighted by atomic mass is 19.1. The summed E-state index contributed by atoms with van der Waals surface area (Å²) in [6.45, 7) is 13.3. The molecule has 9 atom stereocenters. The topological polar surface area (TPSA) is 127 Å². The number of amides is 2. The van der Waals surface area contributed by atoms with Gasteiger partial charge in [-0.3, -0.25) is 14.6 Å². The number of carbonyl (C=O) groups excluding carboxylic acids is 2. The Morgan fingerprint density at radius 1 is 1.18 bits per heavy atom. The number of nitrogens with two attached hydrogens (primary N) is 1. The van der Waals surface area contributed by atoms with Crippen molar-refractivity contribution in [2.24, 2.45) is 34.4 Å². The van der Waals surface area contributed by atoms with Crippen LogP contribution in [0, 0.1) is 23.7 Å². The van der Waals surface area contributed by atoms with Crippen molar-refractivity contribution in [1.82, 2.24) is 31.1 Å². The third kappa shape index (κ3) is 9.01. The number of alkyl halides is 1. The number of hydrogen-bond donors (Lipinski definition) is 5. The van der Waals surface area contributed by atoms with Gasteiger partial charge in [-0.1, -0.05) is 32.8 Å². The normalized spacial score (nSPS) is 36.3. The summed E-state index contributed by atoms with van der Waals surface area (Å²) in [6, 6.07) is -0.0582. The lowest BCUT2D eigenvalue weighted by atomic mass is 9.73. The number of rotatable bonds is 8. The number of hydrogen-bond acceptors (Lipinski definition) is 8. The molecule has 250 valence electrons. The van der Waals surface area contributed by atoms with E-state index in [2.05, 4.69) is 59.0 Å². The predicted molar refractivity (Wildman–Crippen MR) is 175 cm³/mol. The van der Waals surface area contributed by atoms with E-state index in [1.54, 1.807) is 6.92 Å². The Morgan fingerprint density at radius 2 is 1.93 bits per heavy atom. The summed E-state index contributed by atoms with van der Waals surface area (Å²) in [5.41, 5.74) is 8.20. The van der Waals surface area contributed by atoms with Crippen molar-refractivity contribution in [1.29, 1.82) is 0 Å². The molecule has 0 radical (unpaired) electrons. The molecule has 3 saturated heterocycles. The second-order valence-corrected chi connectivity index (χ2v) is 13.8. The van der Waals surface area contributed by atoms with Gasteiger partial charge in [-0.2, -0.15) is 0 Å². The second kappa shape index (κ2) is 16.5. The van der Waals surface area contributed by atoms with Crippen molar-refractivity contribution >= 4 is 17.5 Å². The molecule has 4 rings (SSSR count).